The number of anilines is 1. The highest BCUT2D eigenvalue weighted by molar-refractivity contribution is 6.34. The van der Waals surface area contributed by atoms with E-state index in [9.17, 15) is 4.79 Å². The quantitative estimate of drug-likeness (QED) is 0.568. The van der Waals surface area contributed by atoms with E-state index in [4.69, 9.17) is 16.3 Å². The van der Waals surface area contributed by atoms with Crippen molar-refractivity contribution in [1.82, 2.24) is 14.9 Å². The van der Waals surface area contributed by atoms with Crippen molar-refractivity contribution in [2.45, 2.75) is 6.92 Å². The van der Waals surface area contributed by atoms with Crippen LogP contribution < -0.4 is 9.64 Å². The third kappa shape index (κ3) is 3.70. The van der Waals surface area contributed by atoms with Crippen LogP contribution in [0.25, 0.3) is 22.0 Å². The van der Waals surface area contributed by atoms with Gasteiger partial charge in [-0.15, -0.1) is 0 Å². The maximum atomic E-state index is 15.8. The van der Waals surface area contributed by atoms with Crippen LogP contribution in [0.2, 0.25) is 5.02 Å². The van der Waals surface area contributed by atoms with Gasteiger partial charge in [0.25, 0.3) is 0 Å². The summed E-state index contributed by atoms with van der Waals surface area (Å²) in [5.41, 5.74) is 1.90. The Labute approximate surface area is 184 Å². The molecular formula is C23H22ClFN4O2. The van der Waals surface area contributed by atoms with Crippen LogP contribution in [0.4, 0.5) is 10.2 Å². The summed E-state index contributed by atoms with van der Waals surface area (Å²) < 4.78 is 21.2. The van der Waals surface area contributed by atoms with Gasteiger partial charge in [-0.05, 0) is 30.7 Å². The molecule has 0 radical (unpaired) electrons. The summed E-state index contributed by atoms with van der Waals surface area (Å²) in [6.07, 6.45) is 2.67. The lowest BCUT2D eigenvalue weighted by Crippen LogP contribution is -2.48. The lowest BCUT2D eigenvalue weighted by molar-refractivity contribution is -0.126. The number of benzene rings is 2. The fourth-order valence-corrected chi connectivity index (χ4v) is 4.28. The molecule has 0 spiro atoms. The first-order valence-electron chi connectivity index (χ1n) is 9.89. The molecule has 0 unspecified atom stereocenters. The molecule has 1 saturated heterocycles. The van der Waals surface area contributed by atoms with Gasteiger partial charge in [0, 0.05) is 42.7 Å². The third-order valence-corrected chi connectivity index (χ3v) is 5.87. The number of carbonyl (C=O) groups excluding carboxylic acids is 1. The smallest absolute Gasteiger partial charge is 0.246 e. The van der Waals surface area contributed by atoms with E-state index in [0.29, 0.717) is 48.7 Å². The van der Waals surface area contributed by atoms with E-state index in [0.717, 1.165) is 5.56 Å². The summed E-state index contributed by atoms with van der Waals surface area (Å²) in [6.45, 7) is 7.62. The molecule has 31 heavy (non-hydrogen) atoms. The predicted molar refractivity (Wildman–Crippen MR) is 120 cm³/mol. The number of nitrogens with zero attached hydrogens (tertiary/aromatic N) is 4. The number of hydrogen-bond acceptors (Lipinski definition) is 5. The fourth-order valence-electron chi connectivity index (χ4n) is 4.00. The van der Waals surface area contributed by atoms with E-state index in [2.05, 4.69) is 16.5 Å². The normalized spacial score (nSPS) is 14.1. The number of aromatic nitrogens is 2. The Morgan fingerprint density at radius 2 is 1.97 bits per heavy atom. The maximum absolute atomic E-state index is 15.8. The molecule has 2 aromatic carbocycles. The number of piperazine rings is 1. The second-order valence-corrected chi connectivity index (χ2v) is 7.72. The third-order valence-electron chi connectivity index (χ3n) is 5.57. The van der Waals surface area contributed by atoms with E-state index >= 15 is 4.39 Å². The van der Waals surface area contributed by atoms with Gasteiger partial charge >= 0.3 is 0 Å². The Morgan fingerprint density at radius 1 is 1.23 bits per heavy atom. The molecule has 3 aromatic rings. The molecule has 0 N–H and O–H groups in total. The first-order chi connectivity index (χ1) is 15.0. The number of carbonyl (C=O) groups is 1. The topological polar surface area (TPSA) is 58.6 Å². The Morgan fingerprint density at radius 3 is 2.65 bits per heavy atom. The first kappa shape index (κ1) is 21.1. The Kier molecular flexibility index (Phi) is 5.78. The van der Waals surface area contributed by atoms with Crippen molar-refractivity contribution in [2.75, 3.05) is 38.2 Å². The maximum Gasteiger partial charge on any atom is 0.246 e. The van der Waals surface area contributed by atoms with Crippen molar-refractivity contribution in [2.24, 2.45) is 0 Å². The summed E-state index contributed by atoms with van der Waals surface area (Å²) in [5.74, 6) is 0.523. The van der Waals surface area contributed by atoms with Gasteiger partial charge in [-0.1, -0.05) is 30.3 Å². The van der Waals surface area contributed by atoms with E-state index in [-0.39, 0.29) is 22.0 Å². The summed E-state index contributed by atoms with van der Waals surface area (Å²) in [7, 11) is 1.54. The molecule has 1 aromatic heterocycles. The molecule has 6 nitrogen and oxygen atoms in total. The van der Waals surface area contributed by atoms with E-state index < -0.39 is 5.82 Å². The molecule has 8 heteroatoms. The first-order valence-corrected chi connectivity index (χ1v) is 10.3. The predicted octanol–water partition coefficient (Wildman–Crippen LogP) is 4.24. The summed E-state index contributed by atoms with van der Waals surface area (Å²) in [5, 5.41) is 0.791. The molecule has 2 heterocycles. The van der Waals surface area contributed by atoms with Crippen molar-refractivity contribution in [3.63, 3.8) is 0 Å². The van der Waals surface area contributed by atoms with Crippen LogP contribution in [0.15, 0.2) is 43.2 Å². The number of halogens is 2. The monoisotopic (exact) mass is 440 g/mol. The summed E-state index contributed by atoms with van der Waals surface area (Å²) >= 11 is 6.60. The second kappa shape index (κ2) is 8.51. The molecule has 4 rings (SSSR count). The number of ether oxygens (including phenoxy) is 1. The molecule has 0 bridgehead atoms. The highest BCUT2D eigenvalue weighted by Crippen LogP contribution is 2.42. The minimum atomic E-state index is -0.515. The van der Waals surface area contributed by atoms with Gasteiger partial charge in [-0.25, -0.2) is 14.4 Å². The largest absolute Gasteiger partial charge is 0.496 e. The minimum absolute atomic E-state index is 0.0990. The molecule has 1 aliphatic heterocycles. The van der Waals surface area contributed by atoms with Crippen LogP contribution >= 0.6 is 11.6 Å². The van der Waals surface area contributed by atoms with Gasteiger partial charge < -0.3 is 14.5 Å². The number of methoxy groups -OCH3 is 1. The van der Waals surface area contributed by atoms with Gasteiger partial charge in [-0.2, -0.15) is 0 Å². The van der Waals surface area contributed by atoms with Crippen molar-refractivity contribution < 1.29 is 13.9 Å². The van der Waals surface area contributed by atoms with E-state index in [1.807, 2.05) is 24.0 Å². The van der Waals surface area contributed by atoms with Crippen molar-refractivity contribution >= 4 is 34.2 Å². The molecule has 160 valence electrons. The number of rotatable bonds is 4. The van der Waals surface area contributed by atoms with Crippen LogP contribution in [-0.2, 0) is 4.79 Å². The van der Waals surface area contributed by atoms with Crippen molar-refractivity contribution in [3.8, 4) is 16.9 Å². The molecule has 0 aliphatic carbocycles. The zero-order valence-corrected chi connectivity index (χ0v) is 18.1. The number of aryl methyl sites for hydroxylation is 1. The summed E-state index contributed by atoms with van der Waals surface area (Å²) in [6, 6.07) is 7.21. The average Bonchev–Trinajstić information content (AvgIpc) is 2.79. The molecule has 1 amide bonds. The van der Waals surface area contributed by atoms with Gasteiger partial charge in [0.2, 0.25) is 5.91 Å². The summed E-state index contributed by atoms with van der Waals surface area (Å²) in [4.78, 5) is 24.2. The van der Waals surface area contributed by atoms with E-state index in [1.165, 1.54) is 12.4 Å². The standard InChI is InChI=1S/C23H22ClFN4O2/c1-4-18(30)28-8-10-29(11-9-28)23-15-12-16(24)20(21(25)22(15)26-13-27-23)19-14(2)6-5-7-17(19)31-3/h4-7,12-13H,1,8-11H2,2-3H3. The Hall–Kier alpha value is -3.19. The van der Waals surface area contributed by atoms with Gasteiger partial charge in [0.05, 0.1) is 12.1 Å². The molecule has 1 fully saturated rings. The Balaban J connectivity index is 1.80. The van der Waals surface area contributed by atoms with Gasteiger partial charge in [0.15, 0.2) is 5.82 Å². The highest BCUT2D eigenvalue weighted by atomic mass is 35.5. The van der Waals surface area contributed by atoms with Crippen LogP contribution in [0.5, 0.6) is 5.75 Å². The van der Waals surface area contributed by atoms with Gasteiger partial charge in [-0.3, -0.25) is 4.79 Å². The van der Waals surface area contributed by atoms with Crippen LogP contribution in [-0.4, -0.2) is 54.1 Å². The molecule has 1 aliphatic rings. The van der Waals surface area contributed by atoms with Crippen molar-refractivity contribution in [3.05, 3.63) is 59.7 Å². The van der Waals surface area contributed by atoms with Crippen molar-refractivity contribution in [1.29, 1.82) is 0 Å². The number of hydrogen-bond donors (Lipinski definition) is 0. The molecule has 0 saturated carbocycles. The fraction of sp³-hybridized carbons (Fsp3) is 0.261. The highest BCUT2D eigenvalue weighted by Gasteiger charge is 2.25. The zero-order valence-electron chi connectivity index (χ0n) is 17.4. The average molecular weight is 441 g/mol. The van der Waals surface area contributed by atoms with Crippen LogP contribution in [0.3, 0.4) is 0 Å². The molecular weight excluding hydrogens is 419 g/mol. The lowest BCUT2D eigenvalue weighted by Gasteiger charge is -2.35. The van der Waals surface area contributed by atoms with E-state index in [1.54, 1.807) is 24.1 Å². The van der Waals surface area contributed by atoms with Crippen LogP contribution in [0.1, 0.15) is 5.56 Å². The zero-order chi connectivity index (χ0) is 22.1. The SMILES string of the molecule is C=CC(=O)N1CCN(c2ncnc3c(F)c(-c4c(C)cccc4OC)c(Cl)cc23)CC1. The molecule has 0 atom stereocenters. The second-order valence-electron chi connectivity index (χ2n) is 7.31. The Bertz CT molecular complexity index is 1180. The lowest BCUT2D eigenvalue weighted by atomic mass is 9.97. The van der Waals surface area contributed by atoms with Crippen LogP contribution in [0, 0.1) is 12.7 Å². The number of fused-ring (bicyclic) bond motifs is 1. The minimum Gasteiger partial charge on any atom is -0.496 e. The number of amides is 1. The van der Waals surface area contributed by atoms with Gasteiger partial charge in [0.1, 0.15) is 23.4 Å².